The highest BCUT2D eigenvalue weighted by Crippen LogP contribution is 2.25. The van der Waals surface area contributed by atoms with E-state index in [1.54, 1.807) is 0 Å². The van der Waals surface area contributed by atoms with Crippen molar-refractivity contribution in [2.24, 2.45) is 0 Å². The predicted molar refractivity (Wildman–Crippen MR) is 109 cm³/mol. The number of amides is 1. The third kappa shape index (κ3) is 4.47. The molecule has 3 nitrogen and oxygen atoms in total. The van der Waals surface area contributed by atoms with Gasteiger partial charge in [-0.3, -0.25) is 4.79 Å². The molecule has 0 spiro atoms. The molecule has 0 bridgehead atoms. The predicted octanol–water partition coefficient (Wildman–Crippen LogP) is 5.19. The number of hydrogen-bond donors (Lipinski definition) is 1. The second kappa shape index (κ2) is 8.91. The second-order valence-corrected chi connectivity index (χ2v) is 7.00. The van der Waals surface area contributed by atoms with Crippen LogP contribution in [-0.2, 0) is 17.8 Å². The number of rotatable bonds is 8. The van der Waals surface area contributed by atoms with Gasteiger partial charge < -0.3 is 9.88 Å². The van der Waals surface area contributed by atoms with Gasteiger partial charge in [0.1, 0.15) is 0 Å². The molecule has 0 unspecified atom stereocenters. The number of halogens is 1. The van der Waals surface area contributed by atoms with Crippen LogP contribution in [-0.4, -0.2) is 17.0 Å². The Morgan fingerprint density at radius 3 is 2.65 bits per heavy atom. The monoisotopic (exact) mass is 368 g/mol. The molecule has 4 heteroatoms. The normalized spacial score (nSPS) is 11.0. The van der Waals surface area contributed by atoms with Crippen LogP contribution in [0.2, 0.25) is 5.02 Å². The van der Waals surface area contributed by atoms with Crippen LogP contribution < -0.4 is 5.32 Å². The molecule has 3 aromatic rings. The quantitative estimate of drug-likeness (QED) is 0.545. The van der Waals surface area contributed by atoms with Crippen LogP contribution in [0.1, 0.15) is 37.3 Å². The minimum absolute atomic E-state index is 0.126. The number of benzene rings is 2. The number of aryl methyl sites for hydroxylation is 1. The average Bonchev–Trinajstić information content (AvgIpc) is 3.00. The summed E-state index contributed by atoms with van der Waals surface area (Å²) in [6, 6.07) is 16.3. The van der Waals surface area contributed by atoms with E-state index in [1.165, 1.54) is 16.5 Å². The SMILES string of the molecule is CCCCNC(=O)CCc1cn(Cc2ccccc2Cl)c2ccccc12. The number of nitrogens with zero attached hydrogens (tertiary/aromatic N) is 1. The zero-order chi connectivity index (χ0) is 18.4. The maximum atomic E-state index is 12.0. The average molecular weight is 369 g/mol. The summed E-state index contributed by atoms with van der Waals surface area (Å²) in [5, 5.41) is 4.98. The first-order valence-corrected chi connectivity index (χ1v) is 9.63. The van der Waals surface area contributed by atoms with E-state index in [0.717, 1.165) is 42.9 Å². The molecule has 2 aromatic carbocycles. The maximum absolute atomic E-state index is 12.0. The highest BCUT2D eigenvalue weighted by Gasteiger charge is 2.11. The third-order valence-electron chi connectivity index (χ3n) is 4.64. The summed E-state index contributed by atoms with van der Waals surface area (Å²) in [7, 11) is 0. The van der Waals surface area contributed by atoms with Crippen molar-refractivity contribution in [3.63, 3.8) is 0 Å². The number of carbonyl (C=O) groups excluding carboxylic acids is 1. The molecule has 0 fully saturated rings. The van der Waals surface area contributed by atoms with E-state index in [2.05, 4.69) is 41.2 Å². The first-order valence-electron chi connectivity index (χ1n) is 9.26. The van der Waals surface area contributed by atoms with Gasteiger partial charge in [0.15, 0.2) is 0 Å². The molecule has 0 aliphatic carbocycles. The first-order chi connectivity index (χ1) is 12.7. The molecule has 0 aliphatic heterocycles. The second-order valence-electron chi connectivity index (χ2n) is 6.59. The van der Waals surface area contributed by atoms with Gasteiger partial charge in [-0.05, 0) is 36.1 Å². The summed E-state index contributed by atoms with van der Waals surface area (Å²) in [4.78, 5) is 12.0. The summed E-state index contributed by atoms with van der Waals surface area (Å²) in [5.74, 6) is 0.126. The smallest absolute Gasteiger partial charge is 0.220 e. The minimum atomic E-state index is 0.126. The molecule has 0 radical (unpaired) electrons. The number of nitrogens with one attached hydrogen (secondary N) is 1. The highest BCUT2D eigenvalue weighted by atomic mass is 35.5. The molecule has 0 atom stereocenters. The van der Waals surface area contributed by atoms with E-state index in [0.29, 0.717) is 6.42 Å². The molecule has 136 valence electrons. The van der Waals surface area contributed by atoms with Crippen molar-refractivity contribution in [1.82, 2.24) is 9.88 Å². The van der Waals surface area contributed by atoms with Gasteiger partial charge in [0.25, 0.3) is 0 Å². The van der Waals surface area contributed by atoms with Crippen LogP contribution in [0.3, 0.4) is 0 Å². The topological polar surface area (TPSA) is 34.0 Å². The van der Waals surface area contributed by atoms with Crippen molar-refractivity contribution in [3.8, 4) is 0 Å². The van der Waals surface area contributed by atoms with E-state index >= 15 is 0 Å². The highest BCUT2D eigenvalue weighted by molar-refractivity contribution is 6.31. The molecular weight excluding hydrogens is 344 g/mol. The van der Waals surface area contributed by atoms with Gasteiger partial charge in [0.2, 0.25) is 5.91 Å². The third-order valence-corrected chi connectivity index (χ3v) is 5.01. The molecule has 1 aromatic heterocycles. The molecule has 0 saturated carbocycles. The largest absolute Gasteiger partial charge is 0.356 e. The zero-order valence-electron chi connectivity index (χ0n) is 15.2. The summed E-state index contributed by atoms with van der Waals surface area (Å²) >= 11 is 6.33. The minimum Gasteiger partial charge on any atom is -0.356 e. The molecule has 3 rings (SSSR count). The van der Waals surface area contributed by atoms with Crippen LogP contribution in [0.25, 0.3) is 10.9 Å². The molecular formula is C22H25ClN2O. The van der Waals surface area contributed by atoms with Gasteiger partial charge >= 0.3 is 0 Å². The molecule has 1 amide bonds. The van der Waals surface area contributed by atoms with Gasteiger partial charge in [0.05, 0.1) is 0 Å². The summed E-state index contributed by atoms with van der Waals surface area (Å²) < 4.78 is 2.22. The van der Waals surface area contributed by atoms with Gasteiger partial charge in [-0.25, -0.2) is 0 Å². The standard InChI is InChI=1S/C22H25ClN2O/c1-2-3-14-24-22(26)13-12-17-15-25(21-11-7-5-9-19(17)21)16-18-8-4-6-10-20(18)23/h4-11,15H,2-3,12-14,16H2,1H3,(H,24,26). The van der Waals surface area contributed by atoms with E-state index in [9.17, 15) is 4.79 Å². The van der Waals surface area contributed by atoms with Crippen molar-refractivity contribution in [2.75, 3.05) is 6.54 Å². The summed E-state index contributed by atoms with van der Waals surface area (Å²) in [6.45, 7) is 3.62. The lowest BCUT2D eigenvalue weighted by molar-refractivity contribution is -0.121. The molecule has 0 aliphatic rings. The summed E-state index contributed by atoms with van der Waals surface area (Å²) in [5.41, 5.74) is 3.48. The number of fused-ring (bicyclic) bond motifs is 1. The fraction of sp³-hybridized carbons (Fsp3) is 0.318. The Kier molecular flexibility index (Phi) is 6.35. The fourth-order valence-electron chi connectivity index (χ4n) is 3.20. The van der Waals surface area contributed by atoms with Crippen molar-refractivity contribution in [1.29, 1.82) is 0 Å². The van der Waals surface area contributed by atoms with Gasteiger partial charge in [-0.2, -0.15) is 0 Å². The Labute approximate surface area is 160 Å². The van der Waals surface area contributed by atoms with E-state index < -0.39 is 0 Å². The lowest BCUT2D eigenvalue weighted by Gasteiger charge is -2.07. The Morgan fingerprint density at radius 1 is 1.08 bits per heavy atom. The molecule has 0 saturated heterocycles. The lowest BCUT2D eigenvalue weighted by Crippen LogP contribution is -2.24. The summed E-state index contributed by atoms with van der Waals surface area (Å²) in [6.07, 6.45) is 5.55. The van der Waals surface area contributed by atoms with Crippen LogP contribution >= 0.6 is 11.6 Å². The van der Waals surface area contributed by atoms with Crippen LogP contribution in [0.15, 0.2) is 54.7 Å². The zero-order valence-corrected chi connectivity index (χ0v) is 15.9. The van der Waals surface area contributed by atoms with Gasteiger partial charge in [-0.1, -0.05) is 61.3 Å². The lowest BCUT2D eigenvalue weighted by atomic mass is 10.1. The van der Waals surface area contributed by atoms with Crippen LogP contribution in [0, 0.1) is 0 Å². The molecule has 1 N–H and O–H groups in total. The Balaban J connectivity index is 1.77. The number of aromatic nitrogens is 1. The van der Waals surface area contributed by atoms with E-state index in [-0.39, 0.29) is 5.91 Å². The number of hydrogen-bond acceptors (Lipinski definition) is 1. The van der Waals surface area contributed by atoms with Gasteiger partial charge in [-0.15, -0.1) is 0 Å². The van der Waals surface area contributed by atoms with Crippen molar-refractivity contribution in [2.45, 2.75) is 39.2 Å². The molecule has 26 heavy (non-hydrogen) atoms. The fourth-order valence-corrected chi connectivity index (χ4v) is 3.40. The Morgan fingerprint density at radius 2 is 1.85 bits per heavy atom. The van der Waals surface area contributed by atoms with E-state index in [1.807, 2.05) is 30.3 Å². The number of unbranched alkanes of at least 4 members (excludes halogenated alkanes) is 1. The number of para-hydroxylation sites is 1. The first kappa shape index (κ1) is 18.5. The van der Waals surface area contributed by atoms with Crippen molar-refractivity contribution < 1.29 is 4.79 Å². The van der Waals surface area contributed by atoms with Gasteiger partial charge in [0, 0.05) is 41.6 Å². The molecule has 1 heterocycles. The van der Waals surface area contributed by atoms with Crippen LogP contribution in [0.4, 0.5) is 0 Å². The Bertz CT molecular complexity index is 885. The van der Waals surface area contributed by atoms with Crippen molar-refractivity contribution >= 4 is 28.4 Å². The Hall–Kier alpha value is -2.26. The maximum Gasteiger partial charge on any atom is 0.220 e. The van der Waals surface area contributed by atoms with Crippen molar-refractivity contribution in [3.05, 3.63) is 70.9 Å². The van der Waals surface area contributed by atoms with Crippen LogP contribution in [0.5, 0.6) is 0 Å². The van der Waals surface area contributed by atoms with E-state index in [4.69, 9.17) is 11.6 Å². The number of carbonyl (C=O) groups is 1.